The lowest BCUT2D eigenvalue weighted by molar-refractivity contribution is -0.147. The molecule has 1 aromatic rings. The first-order valence-corrected chi connectivity index (χ1v) is 10.5. The van der Waals surface area contributed by atoms with Crippen molar-refractivity contribution < 1.29 is 23.1 Å². The van der Waals surface area contributed by atoms with E-state index < -0.39 is 29.6 Å². The van der Waals surface area contributed by atoms with Crippen LogP contribution in [0.25, 0.3) is 0 Å². The molecule has 2 fully saturated rings. The van der Waals surface area contributed by atoms with Crippen LogP contribution >= 0.6 is 11.6 Å². The van der Waals surface area contributed by atoms with Crippen LogP contribution in [0.15, 0.2) is 24.3 Å². The number of rotatable bonds is 4. The number of halogens is 3. The molecule has 3 N–H and O–H groups in total. The van der Waals surface area contributed by atoms with Gasteiger partial charge in [0.1, 0.15) is 5.60 Å². The van der Waals surface area contributed by atoms with Crippen molar-refractivity contribution in [3.05, 3.63) is 34.9 Å². The number of alkyl halides is 2. The Kier molecular flexibility index (Phi) is 6.30. The number of carbonyl (C=O) groups excluding carboxylic acids is 2. The second-order valence-electron chi connectivity index (χ2n) is 9.05. The van der Waals surface area contributed by atoms with Crippen molar-refractivity contribution in [1.82, 2.24) is 10.2 Å². The summed E-state index contributed by atoms with van der Waals surface area (Å²) >= 11 is 5.77. The van der Waals surface area contributed by atoms with Crippen LogP contribution < -0.4 is 11.1 Å². The van der Waals surface area contributed by atoms with Gasteiger partial charge in [0.2, 0.25) is 5.91 Å². The molecule has 166 valence electrons. The number of hydrogen-bond acceptors (Lipinski definition) is 4. The third-order valence-corrected chi connectivity index (χ3v) is 5.85. The smallest absolute Gasteiger partial charge is 0.407 e. The van der Waals surface area contributed by atoms with Crippen molar-refractivity contribution in [2.24, 2.45) is 5.73 Å². The van der Waals surface area contributed by atoms with Crippen LogP contribution in [-0.2, 0) is 15.5 Å². The molecule has 3 unspecified atom stereocenters. The van der Waals surface area contributed by atoms with Gasteiger partial charge in [0.15, 0.2) is 6.04 Å². The van der Waals surface area contributed by atoms with Crippen molar-refractivity contribution in [3.63, 3.8) is 0 Å². The highest BCUT2D eigenvalue weighted by atomic mass is 35.5. The summed E-state index contributed by atoms with van der Waals surface area (Å²) in [5, 5.41) is 3.16. The maximum Gasteiger partial charge on any atom is 0.407 e. The normalized spacial score (nSPS) is 25.0. The molecule has 2 aliphatic heterocycles. The van der Waals surface area contributed by atoms with Crippen LogP contribution in [0.1, 0.15) is 52.0 Å². The van der Waals surface area contributed by atoms with Gasteiger partial charge in [-0.05, 0) is 58.6 Å². The van der Waals surface area contributed by atoms with Gasteiger partial charge in [-0.25, -0.2) is 4.79 Å². The summed E-state index contributed by atoms with van der Waals surface area (Å²) in [6, 6.07) is 2.43. The van der Waals surface area contributed by atoms with E-state index in [0.717, 1.165) is 0 Å². The minimum atomic E-state index is -3.52. The van der Waals surface area contributed by atoms with E-state index in [-0.39, 0.29) is 23.7 Å². The molecule has 2 bridgehead atoms. The van der Waals surface area contributed by atoms with E-state index in [1.54, 1.807) is 20.8 Å². The minimum Gasteiger partial charge on any atom is -0.444 e. The standard InChI is InChI=1S/C21H28ClF2N3O3/c1-20(2,3)30-19(29)26-14-10-15-8-9-16(11-14)27(15)18(28)17(25)21(23,24)12-4-6-13(22)7-5-12/h4-7,14-17H,8-11,25H2,1-3H3,(H,26,29). The van der Waals surface area contributed by atoms with Crippen LogP contribution in [0.4, 0.5) is 13.6 Å². The van der Waals surface area contributed by atoms with Gasteiger partial charge in [-0.3, -0.25) is 4.79 Å². The number of amides is 2. The fourth-order valence-corrected chi connectivity index (χ4v) is 4.42. The fourth-order valence-electron chi connectivity index (χ4n) is 4.30. The third kappa shape index (κ3) is 4.86. The Morgan fingerprint density at radius 1 is 1.17 bits per heavy atom. The first kappa shape index (κ1) is 22.7. The second kappa shape index (κ2) is 8.30. The summed E-state index contributed by atoms with van der Waals surface area (Å²) in [4.78, 5) is 26.5. The zero-order valence-electron chi connectivity index (χ0n) is 17.3. The van der Waals surface area contributed by atoms with E-state index in [2.05, 4.69) is 5.32 Å². The first-order chi connectivity index (χ1) is 13.9. The summed E-state index contributed by atoms with van der Waals surface area (Å²) in [7, 11) is 0. The summed E-state index contributed by atoms with van der Waals surface area (Å²) in [5.74, 6) is -4.29. The molecule has 0 radical (unpaired) electrons. The van der Waals surface area contributed by atoms with Gasteiger partial charge in [-0.15, -0.1) is 0 Å². The zero-order chi connectivity index (χ0) is 22.3. The predicted molar refractivity (Wildman–Crippen MR) is 109 cm³/mol. The molecule has 30 heavy (non-hydrogen) atoms. The van der Waals surface area contributed by atoms with E-state index in [1.807, 2.05) is 0 Å². The average molecular weight is 444 g/mol. The monoisotopic (exact) mass is 443 g/mol. The molecule has 1 aromatic carbocycles. The summed E-state index contributed by atoms with van der Waals surface area (Å²) < 4.78 is 35.0. The molecule has 6 nitrogen and oxygen atoms in total. The fraction of sp³-hybridized carbons (Fsp3) is 0.619. The van der Waals surface area contributed by atoms with Gasteiger partial charge >= 0.3 is 6.09 Å². The molecule has 2 heterocycles. The Labute approximate surface area is 180 Å². The molecule has 0 aliphatic carbocycles. The van der Waals surface area contributed by atoms with Crippen molar-refractivity contribution in [2.45, 2.75) is 82.1 Å². The van der Waals surface area contributed by atoms with Crippen LogP contribution in [0.5, 0.6) is 0 Å². The number of nitrogens with one attached hydrogen (secondary N) is 1. The molecule has 2 saturated heterocycles. The van der Waals surface area contributed by atoms with E-state index in [1.165, 1.54) is 29.2 Å². The molecule has 0 spiro atoms. The van der Waals surface area contributed by atoms with Gasteiger partial charge < -0.3 is 20.7 Å². The van der Waals surface area contributed by atoms with E-state index in [9.17, 15) is 18.4 Å². The van der Waals surface area contributed by atoms with Gasteiger partial charge in [0.25, 0.3) is 5.92 Å². The molecule has 9 heteroatoms. The summed E-state index contributed by atoms with van der Waals surface area (Å²) in [5.41, 5.74) is 4.81. The highest BCUT2D eigenvalue weighted by molar-refractivity contribution is 6.30. The first-order valence-electron chi connectivity index (χ1n) is 10.1. The van der Waals surface area contributed by atoms with Crippen LogP contribution in [0.2, 0.25) is 5.02 Å². The van der Waals surface area contributed by atoms with Crippen LogP contribution in [-0.4, -0.2) is 46.7 Å². The maximum atomic E-state index is 14.9. The lowest BCUT2D eigenvalue weighted by Crippen LogP contribution is -2.59. The highest BCUT2D eigenvalue weighted by Crippen LogP contribution is 2.39. The molecule has 2 amide bonds. The predicted octanol–water partition coefficient (Wildman–Crippen LogP) is 3.81. The summed E-state index contributed by atoms with van der Waals surface area (Å²) in [6.45, 7) is 5.33. The minimum absolute atomic E-state index is 0.172. The number of piperidine rings is 1. The maximum absolute atomic E-state index is 14.9. The number of hydrogen-bond donors (Lipinski definition) is 2. The Morgan fingerprint density at radius 3 is 2.20 bits per heavy atom. The van der Waals surface area contributed by atoms with Gasteiger partial charge in [-0.2, -0.15) is 8.78 Å². The Balaban J connectivity index is 1.66. The molecular weight excluding hydrogens is 416 g/mol. The van der Waals surface area contributed by atoms with Crippen molar-refractivity contribution in [3.8, 4) is 0 Å². The molecule has 3 rings (SSSR count). The Morgan fingerprint density at radius 2 is 1.70 bits per heavy atom. The lowest BCUT2D eigenvalue weighted by Gasteiger charge is -2.41. The van der Waals surface area contributed by atoms with Crippen LogP contribution in [0.3, 0.4) is 0 Å². The SMILES string of the molecule is CC(C)(C)OC(=O)NC1CC2CCC(C1)N2C(=O)C(N)C(F)(F)c1ccc(Cl)cc1. The highest BCUT2D eigenvalue weighted by Gasteiger charge is 2.51. The Hall–Kier alpha value is -1.93. The van der Waals surface area contributed by atoms with E-state index >= 15 is 0 Å². The largest absolute Gasteiger partial charge is 0.444 e. The van der Waals surface area contributed by atoms with Gasteiger partial charge in [-0.1, -0.05) is 23.7 Å². The Bertz CT molecular complexity index is 784. The topological polar surface area (TPSA) is 84.7 Å². The molecule has 0 aromatic heterocycles. The van der Waals surface area contributed by atoms with E-state index in [0.29, 0.717) is 30.7 Å². The number of fused-ring (bicyclic) bond motifs is 2. The summed E-state index contributed by atoms with van der Waals surface area (Å²) in [6.07, 6.45) is 1.85. The van der Waals surface area contributed by atoms with Crippen molar-refractivity contribution in [1.29, 1.82) is 0 Å². The van der Waals surface area contributed by atoms with E-state index in [4.69, 9.17) is 22.1 Å². The number of nitrogens with two attached hydrogens (primary N) is 1. The number of alkyl carbamates (subject to hydrolysis) is 1. The molecule has 0 saturated carbocycles. The zero-order valence-corrected chi connectivity index (χ0v) is 18.1. The lowest BCUT2D eigenvalue weighted by atomic mass is 9.94. The van der Waals surface area contributed by atoms with Crippen LogP contribution in [0, 0.1) is 0 Å². The van der Waals surface area contributed by atoms with Crippen molar-refractivity contribution in [2.75, 3.05) is 0 Å². The average Bonchev–Trinajstić information content (AvgIpc) is 2.90. The van der Waals surface area contributed by atoms with Gasteiger partial charge in [0.05, 0.1) is 0 Å². The molecule has 2 aliphatic rings. The molecule has 3 atom stereocenters. The number of benzene rings is 1. The number of nitrogens with zero attached hydrogens (tertiary/aromatic N) is 1. The molecular formula is C21H28ClF2N3O3. The van der Waals surface area contributed by atoms with Crippen molar-refractivity contribution >= 4 is 23.6 Å². The van der Waals surface area contributed by atoms with Gasteiger partial charge in [0, 0.05) is 28.7 Å². The number of carbonyl (C=O) groups is 2. The quantitative estimate of drug-likeness (QED) is 0.741. The third-order valence-electron chi connectivity index (χ3n) is 5.59. The second-order valence-corrected chi connectivity index (χ2v) is 9.49. The number of ether oxygens (including phenoxy) is 1.